The topological polar surface area (TPSA) is 356 Å². The molecule has 0 aliphatic rings. The fraction of sp³-hybridized carbons (Fsp3) is 0.0323. The third-order valence-electron chi connectivity index (χ3n) is 6.92. The van der Waals surface area contributed by atoms with E-state index < -0.39 is 87.4 Å². The smallest absolute Gasteiger partial charge is 0.337 e. The predicted molar refractivity (Wildman–Crippen MR) is 201 cm³/mol. The van der Waals surface area contributed by atoms with Crippen LogP contribution in [-0.4, -0.2) is 88.5 Å². The van der Waals surface area contributed by atoms with Crippen LogP contribution in [-0.2, 0) is 36.1 Å². The fourth-order valence-corrected chi connectivity index (χ4v) is 6.41. The van der Waals surface area contributed by atoms with Crippen LogP contribution in [0, 0.1) is 0 Å². The number of rotatable bonds is 15. The molecule has 296 valence electrons. The van der Waals surface area contributed by atoms with Crippen LogP contribution in [0.2, 0.25) is 0 Å². The van der Waals surface area contributed by atoms with Crippen LogP contribution in [0.3, 0.4) is 0 Å². The minimum Gasteiger partial charge on any atom is -0.768 e. The van der Waals surface area contributed by atoms with Crippen molar-refractivity contribution in [1.82, 2.24) is 15.0 Å². The van der Waals surface area contributed by atoms with Gasteiger partial charge in [-0.2, -0.15) is 36.9 Å². The van der Waals surface area contributed by atoms with Crippen LogP contribution < -0.4 is 16.1 Å². The number of hydrogen-bond acceptors (Lipinski definition) is 18. The van der Waals surface area contributed by atoms with Crippen LogP contribution >= 0.6 is 11.8 Å². The molecule has 4 aromatic carbocycles. The Bertz CT molecular complexity index is 2680. The van der Waals surface area contributed by atoms with Gasteiger partial charge in [0, 0.05) is 16.1 Å². The number of benzene rings is 4. The molecule has 1 heterocycles. The summed E-state index contributed by atoms with van der Waals surface area (Å²) in [6.07, 6.45) is 0. The zero-order chi connectivity index (χ0) is 41.5. The summed E-state index contributed by atoms with van der Waals surface area (Å²) in [5.41, 5.74) is 0.941. The van der Waals surface area contributed by atoms with Crippen LogP contribution in [0.4, 0.5) is 34.6 Å². The molecule has 22 nitrogen and oxygen atoms in total. The molecule has 1 aromatic heterocycles. The number of carboxylic acids is 2. The lowest BCUT2D eigenvalue weighted by atomic mass is 10.2. The number of aliphatic carboxylic acids is 1. The Hall–Kier alpha value is -6.42. The van der Waals surface area contributed by atoms with Gasteiger partial charge in [0.25, 0.3) is 20.2 Å². The van der Waals surface area contributed by atoms with Crippen molar-refractivity contribution in [2.75, 3.05) is 21.8 Å². The van der Waals surface area contributed by atoms with Gasteiger partial charge in [0.05, 0.1) is 32.5 Å². The van der Waals surface area contributed by atoms with Crippen molar-refractivity contribution in [3.63, 3.8) is 0 Å². The maximum absolute atomic E-state index is 12.3. The lowest BCUT2D eigenvalue weighted by molar-refractivity contribution is -0.133. The van der Waals surface area contributed by atoms with Crippen molar-refractivity contribution in [3.05, 3.63) is 96.1 Å². The molecule has 0 bridgehead atoms. The monoisotopic (exact) mass is 858 g/mol. The third-order valence-corrected chi connectivity index (χ3v) is 10.1. The molecule has 0 saturated carbocycles. The highest BCUT2D eigenvalue weighted by Crippen LogP contribution is 2.39. The molecule has 5 rings (SSSR count). The molecule has 0 aliphatic heterocycles. The molecule has 0 spiro atoms. The highest BCUT2D eigenvalue weighted by atomic mass is 32.2. The summed E-state index contributed by atoms with van der Waals surface area (Å²) in [6.45, 7) is 0. The molecule has 0 amide bonds. The molecule has 57 heavy (non-hydrogen) atoms. The SMILES string of the molecule is O=C(O)CSc1nc(Nc2cccc(S(=O)[O-])c2)nc(Nc2cc(S(=O)(=O)O)cc(N=N/C(=N\Nc3ccc(S(=O)(=O)O)cc3C(=O)O)c3ccccc3)c2O)n1. The normalized spacial score (nSPS) is 12.6. The standard InChI is InChI=1S/C31H25N9O13S4/c41-25(42)15-54-31-35-29(32-17-7-4-8-18(11-17)55(46)47)34-30(36-31)33-23-13-20(57(51,52)53)14-24(26(23)43)38-40-27(16-5-2-1-3-6-16)39-37-22-10-9-19(56(48,49)50)12-21(22)28(44)45/h1-14,37,43H,15H2,(H,41,42)(H,44,45)(H,46,47)(H,48,49,50)(H,51,52,53)(H2,32,33,34,35,36)/p-1/b39-27-,40-38?. The molecule has 0 saturated heterocycles. The molecular weight excluding hydrogens is 835 g/mol. The number of phenolic OH excluding ortho intramolecular Hbond substituents is 1. The van der Waals surface area contributed by atoms with E-state index in [-0.39, 0.29) is 38.8 Å². The minimum atomic E-state index is -5.00. The number of carboxylic acid groups (broad SMARTS) is 2. The molecule has 5 aromatic rings. The number of aromatic nitrogens is 3. The molecule has 1 atom stereocenters. The third kappa shape index (κ3) is 11.3. The number of amidine groups is 1. The summed E-state index contributed by atoms with van der Waals surface area (Å²) in [5, 5.41) is 47.2. The highest BCUT2D eigenvalue weighted by Gasteiger charge is 2.21. The van der Waals surface area contributed by atoms with Gasteiger partial charge in [-0.1, -0.05) is 48.2 Å². The second kappa shape index (κ2) is 17.6. The number of hydrogen-bond donors (Lipinski definition) is 8. The van der Waals surface area contributed by atoms with Crippen molar-refractivity contribution in [2.24, 2.45) is 15.3 Å². The van der Waals surface area contributed by atoms with Gasteiger partial charge >= 0.3 is 11.9 Å². The zero-order valence-corrected chi connectivity index (χ0v) is 31.4. The van der Waals surface area contributed by atoms with Gasteiger partial charge in [0.15, 0.2) is 10.9 Å². The minimum absolute atomic E-state index is 0.0860. The number of nitrogens with one attached hydrogen (secondary N) is 3. The van der Waals surface area contributed by atoms with Gasteiger partial charge < -0.3 is 30.5 Å². The van der Waals surface area contributed by atoms with Crippen molar-refractivity contribution in [2.45, 2.75) is 19.8 Å². The van der Waals surface area contributed by atoms with Gasteiger partial charge in [-0.3, -0.25) is 23.5 Å². The highest BCUT2D eigenvalue weighted by molar-refractivity contribution is 7.99. The number of aromatic hydroxyl groups is 1. The lowest BCUT2D eigenvalue weighted by Crippen LogP contribution is -2.08. The van der Waals surface area contributed by atoms with E-state index in [1.807, 2.05) is 0 Å². The number of anilines is 5. The first-order valence-electron chi connectivity index (χ1n) is 15.2. The quantitative estimate of drug-likeness (QED) is 0.0107. The Kier molecular flexibility index (Phi) is 12.9. The Labute approximate surface area is 327 Å². The molecule has 0 aliphatic carbocycles. The summed E-state index contributed by atoms with van der Waals surface area (Å²) >= 11 is -1.93. The summed E-state index contributed by atoms with van der Waals surface area (Å²) in [6, 6.07) is 17.4. The second-order valence-corrected chi connectivity index (χ2v) is 15.6. The van der Waals surface area contributed by atoms with Gasteiger partial charge in [-0.15, -0.1) is 10.2 Å². The average Bonchev–Trinajstić information content (AvgIpc) is 3.14. The lowest BCUT2D eigenvalue weighted by Gasteiger charge is -2.13. The van der Waals surface area contributed by atoms with Gasteiger partial charge in [0.1, 0.15) is 5.69 Å². The van der Waals surface area contributed by atoms with Crippen molar-refractivity contribution in [1.29, 1.82) is 0 Å². The largest absolute Gasteiger partial charge is 0.768 e. The van der Waals surface area contributed by atoms with E-state index >= 15 is 0 Å². The Morgan fingerprint density at radius 1 is 0.807 bits per heavy atom. The molecule has 26 heteroatoms. The number of hydrazone groups is 1. The van der Waals surface area contributed by atoms with E-state index in [1.54, 1.807) is 18.2 Å². The first kappa shape index (κ1) is 41.7. The summed E-state index contributed by atoms with van der Waals surface area (Å²) in [7, 11) is -9.77. The second-order valence-electron chi connectivity index (χ2n) is 10.9. The number of aromatic carboxylic acids is 1. The van der Waals surface area contributed by atoms with E-state index in [1.165, 1.54) is 36.4 Å². The Morgan fingerprint density at radius 2 is 1.49 bits per heavy atom. The maximum Gasteiger partial charge on any atom is 0.337 e. The Morgan fingerprint density at radius 3 is 2.12 bits per heavy atom. The molecule has 0 radical (unpaired) electrons. The summed E-state index contributed by atoms with van der Waals surface area (Å²) in [5.74, 6) is -5.05. The number of azo groups is 1. The van der Waals surface area contributed by atoms with Crippen LogP contribution in [0.15, 0.2) is 120 Å². The van der Waals surface area contributed by atoms with Crippen molar-refractivity contribution >= 4 is 95.5 Å². The molecule has 1 unspecified atom stereocenters. The van der Waals surface area contributed by atoms with Gasteiger partial charge in [-0.25, -0.2) is 4.79 Å². The maximum atomic E-state index is 12.3. The van der Waals surface area contributed by atoms with Crippen molar-refractivity contribution in [3.8, 4) is 5.75 Å². The van der Waals surface area contributed by atoms with Crippen LogP contribution in [0.1, 0.15) is 15.9 Å². The predicted octanol–water partition coefficient (Wildman–Crippen LogP) is 4.23. The van der Waals surface area contributed by atoms with E-state index in [2.05, 4.69) is 46.3 Å². The van der Waals surface area contributed by atoms with E-state index in [0.29, 0.717) is 17.8 Å². The summed E-state index contributed by atoms with van der Waals surface area (Å²) < 4.78 is 89.9. The summed E-state index contributed by atoms with van der Waals surface area (Å²) in [4.78, 5) is 33.9. The molecule has 0 fully saturated rings. The zero-order valence-electron chi connectivity index (χ0n) is 28.1. The number of phenols is 1. The van der Waals surface area contributed by atoms with E-state index in [9.17, 15) is 59.6 Å². The average molecular weight is 859 g/mol. The fourth-order valence-electron chi connectivity index (χ4n) is 4.40. The van der Waals surface area contributed by atoms with Crippen LogP contribution in [0.25, 0.3) is 0 Å². The Balaban J connectivity index is 1.56. The molecule has 8 N–H and O–H groups in total. The first-order valence-corrected chi connectivity index (χ1v) is 20.2. The number of carbonyl (C=O) groups is 2. The number of nitrogens with zero attached hydrogens (tertiary/aromatic N) is 6. The van der Waals surface area contributed by atoms with E-state index in [4.69, 9.17) is 0 Å². The number of thioether (sulfide) groups is 1. The van der Waals surface area contributed by atoms with Crippen LogP contribution in [0.5, 0.6) is 5.75 Å². The molecular formula is C31H24N9O13S4-. The van der Waals surface area contributed by atoms with E-state index in [0.717, 1.165) is 24.3 Å². The first-order chi connectivity index (χ1) is 26.9. The van der Waals surface area contributed by atoms with Gasteiger partial charge in [-0.05, 0) is 59.6 Å². The van der Waals surface area contributed by atoms with Crippen molar-refractivity contribution < 1.29 is 59.6 Å². The van der Waals surface area contributed by atoms with Gasteiger partial charge in [0.2, 0.25) is 17.7 Å².